The van der Waals surface area contributed by atoms with Crippen LogP contribution in [0, 0.1) is 0 Å². The number of nitrogens with one attached hydrogen (secondary N) is 1. The number of rotatable bonds is 9. The maximum Gasteiger partial charge on any atom is 0.337 e. The Labute approximate surface area is 208 Å². The Hall–Kier alpha value is -4.38. The highest BCUT2D eigenvalue weighted by atomic mass is 32.2. The number of carbonyl (C=O) groups excluding carboxylic acids is 3. The Morgan fingerprint density at radius 2 is 1.33 bits per heavy atom. The van der Waals surface area contributed by atoms with E-state index in [9.17, 15) is 22.8 Å². The zero-order valence-corrected chi connectivity index (χ0v) is 20.6. The normalized spacial score (nSPS) is 10.8. The molecule has 0 aliphatic rings. The predicted molar refractivity (Wildman–Crippen MR) is 133 cm³/mol. The first-order valence-corrected chi connectivity index (χ1v) is 12.4. The standard InChI is InChI=1S/C25H24N2O8S/c1-33-24(29)17-13-18(25(30)34-2)15-19(14-17)26-23(28)16-27(36(3,31)32)20-9-11-22(12-10-20)35-21-7-5-4-6-8-21/h4-15H,16H2,1-3H3,(H,26,28). The Bertz CT molecular complexity index is 1320. The lowest BCUT2D eigenvalue weighted by atomic mass is 10.1. The smallest absolute Gasteiger partial charge is 0.337 e. The second kappa shape index (κ2) is 11.4. The van der Waals surface area contributed by atoms with Gasteiger partial charge in [0.05, 0.1) is 37.3 Å². The highest BCUT2D eigenvalue weighted by molar-refractivity contribution is 7.92. The fraction of sp³-hybridized carbons (Fsp3) is 0.160. The summed E-state index contributed by atoms with van der Waals surface area (Å²) in [6.07, 6.45) is 0.974. The van der Waals surface area contributed by atoms with Crippen molar-refractivity contribution in [1.82, 2.24) is 0 Å². The number of esters is 2. The van der Waals surface area contributed by atoms with Gasteiger partial charge in [0.15, 0.2) is 0 Å². The van der Waals surface area contributed by atoms with Gasteiger partial charge < -0.3 is 19.5 Å². The lowest BCUT2D eigenvalue weighted by molar-refractivity contribution is -0.114. The molecule has 3 rings (SSSR count). The molecule has 1 amide bonds. The summed E-state index contributed by atoms with van der Waals surface area (Å²) in [5.74, 6) is -1.07. The molecule has 0 radical (unpaired) electrons. The van der Waals surface area contributed by atoms with E-state index in [2.05, 4.69) is 14.8 Å². The van der Waals surface area contributed by atoms with E-state index >= 15 is 0 Å². The van der Waals surface area contributed by atoms with Gasteiger partial charge in [0.25, 0.3) is 0 Å². The van der Waals surface area contributed by atoms with Crippen LogP contribution in [0.5, 0.6) is 11.5 Å². The summed E-state index contributed by atoms with van der Waals surface area (Å²) in [6.45, 7) is -0.562. The van der Waals surface area contributed by atoms with Gasteiger partial charge in [-0.2, -0.15) is 0 Å². The Morgan fingerprint density at radius 1 is 0.806 bits per heavy atom. The van der Waals surface area contributed by atoms with Gasteiger partial charge in [-0.15, -0.1) is 0 Å². The van der Waals surface area contributed by atoms with Gasteiger partial charge in [-0.05, 0) is 54.6 Å². The van der Waals surface area contributed by atoms with Crippen molar-refractivity contribution in [3.8, 4) is 11.5 Å². The number of carbonyl (C=O) groups is 3. The summed E-state index contributed by atoms with van der Waals surface area (Å²) < 4.78 is 40.9. The number of hydrogen-bond acceptors (Lipinski definition) is 8. The summed E-state index contributed by atoms with van der Waals surface area (Å²) >= 11 is 0. The van der Waals surface area contributed by atoms with E-state index in [1.807, 2.05) is 18.2 Å². The van der Waals surface area contributed by atoms with E-state index in [0.717, 1.165) is 10.6 Å². The Kier molecular flexibility index (Phi) is 8.28. The molecule has 0 aliphatic heterocycles. The van der Waals surface area contributed by atoms with Crippen LogP contribution in [0.1, 0.15) is 20.7 Å². The van der Waals surface area contributed by atoms with Crippen molar-refractivity contribution in [2.75, 3.05) is 36.6 Å². The van der Waals surface area contributed by atoms with Crippen molar-refractivity contribution in [2.24, 2.45) is 0 Å². The number of anilines is 2. The molecule has 0 spiro atoms. The number of methoxy groups -OCH3 is 2. The Balaban J connectivity index is 1.80. The number of amides is 1. The lowest BCUT2D eigenvalue weighted by Crippen LogP contribution is -2.37. The number of nitrogens with zero attached hydrogens (tertiary/aromatic N) is 1. The summed E-state index contributed by atoms with van der Waals surface area (Å²) in [5.41, 5.74) is 0.337. The van der Waals surface area contributed by atoms with Crippen LogP contribution in [0.4, 0.5) is 11.4 Å². The molecule has 188 valence electrons. The summed E-state index contributed by atoms with van der Waals surface area (Å²) in [6, 6.07) is 19.1. The first-order valence-electron chi connectivity index (χ1n) is 10.5. The molecule has 0 aliphatic carbocycles. The fourth-order valence-electron chi connectivity index (χ4n) is 3.21. The minimum atomic E-state index is -3.84. The molecule has 0 aromatic heterocycles. The Morgan fingerprint density at radius 3 is 1.83 bits per heavy atom. The number of ether oxygens (including phenoxy) is 3. The van der Waals surface area contributed by atoms with E-state index in [1.54, 1.807) is 24.3 Å². The van der Waals surface area contributed by atoms with Gasteiger partial charge in [-0.1, -0.05) is 18.2 Å². The minimum absolute atomic E-state index is 0.00433. The molecule has 0 unspecified atom stereocenters. The third-order valence-corrected chi connectivity index (χ3v) is 5.99. The van der Waals surface area contributed by atoms with Crippen molar-refractivity contribution in [3.63, 3.8) is 0 Å². The van der Waals surface area contributed by atoms with Gasteiger partial charge in [-0.25, -0.2) is 18.0 Å². The van der Waals surface area contributed by atoms with Gasteiger partial charge in [0.2, 0.25) is 15.9 Å². The fourth-order valence-corrected chi connectivity index (χ4v) is 4.06. The largest absolute Gasteiger partial charge is 0.465 e. The van der Waals surface area contributed by atoms with E-state index in [-0.39, 0.29) is 22.5 Å². The van der Waals surface area contributed by atoms with Crippen LogP contribution < -0.4 is 14.4 Å². The maximum absolute atomic E-state index is 12.8. The lowest BCUT2D eigenvalue weighted by Gasteiger charge is -2.22. The van der Waals surface area contributed by atoms with E-state index in [1.165, 1.54) is 44.6 Å². The SMILES string of the molecule is COC(=O)c1cc(NC(=O)CN(c2ccc(Oc3ccccc3)cc2)S(C)(=O)=O)cc(C(=O)OC)c1. The van der Waals surface area contributed by atoms with Gasteiger partial charge in [0, 0.05) is 5.69 Å². The molecular formula is C25H24N2O8S. The molecule has 10 nitrogen and oxygen atoms in total. The third kappa shape index (κ3) is 6.83. The van der Waals surface area contributed by atoms with Crippen LogP contribution in [0.15, 0.2) is 72.8 Å². The van der Waals surface area contributed by atoms with Gasteiger partial charge in [0.1, 0.15) is 18.0 Å². The average Bonchev–Trinajstić information content (AvgIpc) is 2.86. The molecule has 3 aromatic rings. The number of hydrogen-bond donors (Lipinski definition) is 1. The van der Waals surface area contributed by atoms with Crippen molar-refractivity contribution >= 4 is 39.2 Å². The van der Waals surface area contributed by atoms with E-state index < -0.39 is 34.4 Å². The van der Waals surface area contributed by atoms with Gasteiger partial charge in [-0.3, -0.25) is 9.10 Å². The molecule has 3 aromatic carbocycles. The number of benzene rings is 3. The number of sulfonamides is 1. The first kappa shape index (κ1) is 26.2. The molecule has 0 bridgehead atoms. The van der Waals surface area contributed by atoms with Crippen molar-refractivity contribution < 1.29 is 37.0 Å². The quantitative estimate of drug-likeness (QED) is 0.432. The highest BCUT2D eigenvalue weighted by Gasteiger charge is 2.22. The molecule has 1 N–H and O–H groups in total. The predicted octanol–water partition coefficient (Wildman–Crippen LogP) is 3.46. The second-order valence-electron chi connectivity index (χ2n) is 7.51. The van der Waals surface area contributed by atoms with Crippen LogP contribution in [0.2, 0.25) is 0 Å². The zero-order valence-electron chi connectivity index (χ0n) is 19.8. The minimum Gasteiger partial charge on any atom is -0.465 e. The maximum atomic E-state index is 12.8. The van der Waals surface area contributed by atoms with Crippen LogP contribution in [-0.2, 0) is 24.3 Å². The summed E-state index contributed by atoms with van der Waals surface area (Å²) in [7, 11) is -1.50. The summed E-state index contributed by atoms with van der Waals surface area (Å²) in [5, 5.41) is 2.51. The van der Waals surface area contributed by atoms with Crippen LogP contribution in [0.3, 0.4) is 0 Å². The molecule has 0 fully saturated rings. The van der Waals surface area contributed by atoms with Crippen LogP contribution >= 0.6 is 0 Å². The first-order chi connectivity index (χ1) is 17.1. The van der Waals surface area contributed by atoms with Crippen molar-refractivity contribution in [3.05, 3.63) is 83.9 Å². The molecule has 0 atom stereocenters. The molecule has 0 saturated heterocycles. The molecule has 0 saturated carbocycles. The average molecular weight is 513 g/mol. The van der Waals surface area contributed by atoms with Crippen LogP contribution in [0.25, 0.3) is 0 Å². The second-order valence-corrected chi connectivity index (χ2v) is 9.42. The van der Waals surface area contributed by atoms with E-state index in [4.69, 9.17) is 4.74 Å². The van der Waals surface area contributed by atoms with Gasteiger partial charge >= 0.3 is 11.9 Å². The monoisotopic (exact) mass is 512 g/mol. The van der Waals surface area contributed by atoms with Crippen molar-refractivity contribution in [1.29, 1.82) is 0 Å². The van der Waals surface area contributed by atoms with Crippen LogP contribution in [-0.4, -0.2) is 53.3 Å². The van der Waals surface area contributed by atoms with E-state index in [0.29, 0.717) is 11.5 Å². The number of para-hydroxylation sites is 1. The summed E-state index contributed by atoms with van der Waals surface area (Å²) in [4.78, 5) is 36.7. The highest BCUT2D eigenvalue weighted by Crippen LogP contribution is 2.26. The molecular weight excluding hydrogens is 488 g/mol. The molecule has 36 heavy (non-hydrogen) atoms. The molecule has 0 heterocycles. The topological polar surface area (TPSA) is 128 Å². The zero-order chi connectivity index (χ0) is 26.3. The van der Waals surface area contributed by atoms with Crippen molar-refractivity contribution in [2.45, 2.75) is 0 Å². The third-order valence-electron chi connectivity index (χ3n) is 4.85. The molecule has 11 heteroatoms.